The third kappa shape index (κ3) is 2.81. The molecule has 7 heteroatoms. The van der Waals surface area contributed by atoms with Gasteiger partial charge in [-0.15, -0.1) is 0 Å². The number of sulfonamides is 1. The van der Waals surface area contributed by atoms with Crippen molar-refractivity contribution in [2.24, 2.45) is 0 Å². The van der Waals surface area contributed by atoms with Crippen LogP contribution in [0.3, 0.4) is 0 Å². The van der Waals surface area contributed by atoms with E-state index in [9.17, 15) is 12.8 Å². The van der Waals surface area contributed by atoms with E-state index in [1.807, 2.05) is 0 Å². The summed E-state index contributed by atoms with van der Waals surface area (Å²) in [5.74, 6) is -0.347. The van der Waals surface area contributed by atoms with Crippen molar-refractivity contribution < 1.29 is 12.8 Å². The molecular formula is C17H18FN3O2S. The van der Waals surface area contributed by atoms with E-state index in [1.54, 1.807) is 38.2 Å². The number of H-pyrrole nitrogens is 1. The molecule has 0 saturated heterocycles. The van der Waals surface area contributed by atoms with E-state index in [2.05, 4.69) is 9.97 Å². The molecule has 126 valence electrons. The van der Waals surface area contributed by atoms with Crippen molar-refractivity contribution in [2.75, 3.05) is 6.54 Å². The second-order valence-corrected chi connectivity index (χ2v) is 7.34. The number of aromatic amines is 1. The number of fused-ring (bicyclic) bond motifs is 1. The van der Waals surface area contributed by atoms with Gasteiger partial charge in [0.25, 0.3) is 0 Å². The van der Waals surface area contributed by atoms with Crippen LogP contribution in [0.1, 0.15) is 25.5 Å². The molecule has 2 heterocycles. The van der Waals surface area contributed by atoms with E-state index in [4.69, 9.17) is 0 Å². The summed E-state index contributed by atoms with van der Waals surface area (Å²) >= 11 is 0. The van der Waals surface area contributed by atoms with Gasteiger partial charge in [-0.25, -0.2) is 17.8 Å². The van der Waals surface area contributed by atoms with Gasteiger partial charge in [0.05, 0.1) is 4.90 Å². The summed E-state index contributed by atoms with van der Waals surface area (Å²) in [4.78, 5) is 7.27. The van der Waals surface area contributed by atoms with Crippen LogP contribution in [0.25, 0.3) is 11.0 Å². The fraction of sp³-hybridized carbons (Fsp3) is 0.235. The third-order valence-corrected chi connectivity index (χ3v) is 6.21. The molecule has 0 aliphatic rings. The fourth-order valence-corrected chi connectivity index (χ4v) is 4.65. The molecule has 2 aromatic heterocycles. The lowest BCUT2D eigenvalue weighted by Crippen LogP contribution is -2.33. The highest BCUT2D eigenvalue weighted by Crippen LogP contribution is 2.30. The molecule has 0 unspecified atom stereocenters. The minimum atomic E-state index is -3.73. The Kier molecular flexibility index (Phi) is 4.38. The summed E-state index contributed by atoms with van der Waals surface area (Å²) in [6.07, 6.45) is 3.14. The zero-order chi connectivity index (χ0) is 17.3. The molecule has 0 amide bonds. The van der Waals surface area contributed by atoms with Crippen molar-refractivity contribution in [3.05, 3.63) is 60.2 Å². The van der Waals surface area contributed by atoms with Gasteiger partial charge in [-0.05, 0) is 36.8 Å². The summed E-state index contributed by atoms with van der Waals surface area (Å²) in [5, 5.41) is 0.558. The Morgan fingerprint density at radius 1 is 1.21 bits per heavy atom. The molecule has 3 rings (SSSR count). The van der Waals surface area contributed by atoms with Crippen molar-refractivity contribution in [3.8, 4) is 0 Å². The average molecular weight is 347 g/mol. The van der Waals surface area contributed by atoms with E-state index in [0.29, 0.717) is 17.6 Å². The number of nitrogens with one attached hydrogen (secondary N) is 1. The first kappa shape index (κ1) is 16.6. The number of aromatic nitrogens is 2. The molecule has 5 nitrogen and oxygen atoms in total. The minimum Gasteiger partial charge on any atom is -0.346 e. The number of halogens is 1. The molecule has 0 fully saturated rings. The predicted molar refractivity (Wildman–Crippen MR) is 90.5 cm³/mol. The van der Waals surface area contributed by atoms with Crippen LogP contribution in [0.15, 0.2) is 53.7 Å². The normalized spacial score (nSPS) is 13.5. The van der Waals surface area contributed by atoms with Crippen molar-refractivity contribution in [3.63, 3.8) is 0 Å². The van der Waals surface area contributed by atoms with Crippen LogP contribution in [-0.4, -0.2) is 29.2 Å². The number of pyridine rings is 1. The number of hydrogen-bond acceptors (Lipinski definition) is 3. The zero-order valence-corrected chi connectivity index (χ0v) is 14.2. The van der Waals surface area contributed by atoms with E-state index >= 15 is 0 Å². The quantitative estimate of drug-likeness (QED) is 0.768. The second kappa shape index (κ2) is 6.33. The molecule has 1 atom stereocenters. The molecule has 0 aliphatic carbocycles. The number of nitrogens with zero attached hydrogens (tertiary/aromatic N) is 2. The second-order valence-electron chi connectivity index (χ2n) is 5.48. The van der Waals surface area contributed by atoms with Gasteiger partial charge in [-0.2, -0.15) is 4.31 Å². The Bertz CT molecular complexity index is 951. The molecular weight excluding hydrogens is 329 g/mol. The Labute approximate surface area is 140 Å². The number of rotatable bonds is 5. The predicted octanol–water partition coefficient (Wildman–Crippen LogP) is 3.47. The summed E-state index contributed by atoms with van der Waals surface area (Å²) < 4.78 is 40.9. The number of benzene rings is 1. The first-order valence-corrected chi connectivity index (χ1v) is 9.08. The molecule has 0 radical (unpaired) electrons. The fourth-order valence-electron chi connectivity index (χ4n) is 2.85. The van der Waals surface area contributed by atoms with Crippen molar-refractivity contribution in [1.29, 1.82) is 0 Å². The van der Waals surface area contributed by atoms with E-state index in [1.165, 1.54) is 28.7 Å². The Morgan fingerprint density at radius 2 is 1.92 bits per heavy atom. The van der Waals surface area contributed by atoms with E-state index < -0.39 is 16.1 Å². The van der Waals surface area contributed by atoms with Gasteiger partial charge < -0.3 is 4.98 Å². The largest absolute Gasteiger partial charge is 0.346 e. The summed E-state index contributed by atoms with van der Waals surface area (Å²) in [5.41, 5.74) is 1.27. The van der Waals surface area contributed by atoms with Gasteiger partial charge in [-0.3, -0.25) is 0 Å². The molecule has 0 bridgehead atoms. The van der Waals surface area contributed by atoms with Gasteiger partial charge in [0.1, 0.15) is 11.5 Å². The Balaban J connectivity index is 2.06. The zero-order valence-electron chi connectivity index (χ0n) is 13.4. The molecule has 0 aliphatic heterocycles. The minimum absolute atomic E-state index is 0.213. The van der Waals surface area contributed by atoms with Crippen LogP contribution in [0, 0.1) is 5.82 Å². The number of hydrogen-bond donors (Lipinski definition) is 1. The first-order valence-electron chi connectivity index (χ1n) is 7.64. The molecule has 0 spiro atoms. The molecule has 3 aromatic rings. The van der Waals surface area contributed by atoms with Crippen molar-refractivity contribution in [1.82, 2.24) is 14.3 Å². The van der Waals surface area contributed by atoms with Gasteiger partial charge in [0.2, 0.25) is 10.0 Å². The van der Waals surface area contributed by atoms with Gasteiger partial charge in [0.15, 0.2) is 0 Å². The SMILES string of the molecule is CCN([C@@H](C)c1ccc(F)cc1)S(=O)(=O)c1ccnc2[nH]ccc12. The van der Waals surface area contributed by atoms with Crippen LogP contribution >= 0.6 is 0 Å². The van der Waals surface area contributed by atoms with Crippen LogP contribution in [-0.2, 0) is 10.0 Å². The maximum Gasteiger partial charge on any atom is 0.244 e. The lowest BCUT2D eigenvalue weighted by atomic mass is 10.1. The van der Waals surface area contributed by atoms with Crippen molar-refractivity contribution in [2.45, 2.75) is 24.8 Å². The highest BCUT2D eigenvalue weighted by Gasteiger charge is 2.30. The Hall–Kier alpha value is -2.25. The van der Waals surface area contributed by atoms with Crippen LogP contribution in [0.2, 0.25) is 0 Å². The standard InChI is InChI=1S/C17H18FN3O2S/c1-3-21(12(2)13-4-6-14(18)7-5-13)24(22,23)16-9-11-20-17-15(16)8-10-19-17/h4-12H,3H2,1-2H3,(H,19,20)/t12-/m0/s1. The summed E-state index contributed by atoms with van der Waals surface area (Å²) in [7, 11) is -3.73. The third-order valence-electron chi connectivity index (χ3n) is 4.10. The maximum absolute atomic E-state index is 13.2. The summed E-state index contributed by atoms with van der Waals surface area (Å²) in [6, 6.07) is 8.68. The van der Waals surface area contributed by atoms with E-state index in [-0.39, 0.29) is 10.7 Å². The first-order chi connectivity index (χ1) is 11.4. The monoisotopic (exact) mass is 347 g/mol. The lowest BCUT2D eigenvalue weighted by Gasteiger charge is -2.27. The molecule has 1 N–H and O–H groups in total. The van der Waals surface area contributed by atoms with Gasteiger partial charge >= 0.3 is 0 Å². The molecule has 1 aromatic carbocycles. The summed E-state index contributed by atoms with van der Waals surface area (Å²) in [6.45, 7) is 3.88. The van der Waals surface area contributed by atoms with Crippen LogP contribution in [0.5, 0.6) is 0 Å². The van der Waals surface area contributed by atoms with Crippen molar-refractivity contribution >= 4 is 21.1 Å². The molecule has 0 saturated carbocycles. The maximum atomic E-state index is 13.2. The van der Waals surface area contributed by atoms with Gasteiger partial charge in [0, 0.05) is 30.4 Å². The lowest BCUT2D eigenvalue weighted by molar-refractivity contribution is 0.357. The highest BCUT2D eigenvalue weighted by atomic mass is 32.2. The van der Waals surface area contributed by atoms with Gasteiger partial charge in [-0.1, -0.05) is 19.1 Å². The van der Waals surface area contributed by atoms with E-state index in [0.717, 1.165) is 5.56 Å². The van der Waals surface area contributed by atoms with Crippen LogP contribution < -0.4 is 0 Å². The highest BCUT2D eigenvalue weighted by molar-refractivity contribution is 7.89. The van der Waals surface area contributed by atoms with Crippen LogP contribution in [0.4, 0.5) is 4.39 Å². The topological polar surface area (TPSA) is 66.1 Å². The smallest absolute Gasteiger partial charge is 0.244 e. The Morgan fingerprint density at radius 3 is 2.58 bits per heavy atom. The molecule has 24 heavy (non-hydrogen) atoms. The average Bonchev–Trinajstić information content (AvgIpc) is 3.04.